The summed E-state index contributed by atoms with van der Waals surface area (Å²) >= 11 is 0. The molecule has 0 bridgehead atoms. The molecule has 42 heavy (non-hydrogen) atoms. The zero-order valence-electron chi connectivity index (χ0n) is 25.4. The van der Waals surface area contributed by atoms with Crippen LogP contribution in [0.4, 0.5) is 0 Å². The van der Waals surface area contributed by atoms with Crippen LogP contribution < -0.4 is 0 Å². The van der Waals surface area contributed by atoms with Gasteiger partial charge in [-0.3, -0.25) is 4.79 Å². The van der Waals surface area contributed by atoms with Crippen molar-refractivity contribution in [3.8, 4) is 0 Å². The molecular weight excluding hydrogens is 548 g/mol. The van der Waals surface area contributed by atoms with Gasteiger partial charge in [-0.15, -0.1) is 6.58 Å². The molecule has 0 heterocycles. The van der Waals surface area contributed by atoms with Crippen LogP contribution in [0.15, 0.2) is 50.1 Å². The molecule has 0 aliphatic heterocycles. The second-order valence-corrected chi connectivity index (χ2v) is 9.99. The molecule has 0 fully saturated rings. The second kappa shape index (κ2) is 23.3. The van der Waals surface area contributed by atoms with Crippen molar-refractivity contribution in [1.82, 2.24) is 0 Å². The number of unbranched alkanes of at least 4 members (excludes halogenated alkanes) is 3. The third-order valence-electron chi connectivity index (χ3n) is 5.73. The predicted molar refractivity (Wildman–Crippen MR) is 156 cm³/mol. The first-order valence-electron chi connectivity index (χ1n) is 13.9. The van der Waals surface area contributed by atoms with Gasteiger partial charge >= 0.3 is 23.9 Å². The van der Waals surface area contributed by atoms with E-state index in [0.717, 1.165) is 31.4 Å². The van der Waals surface area contributed by atoms with Crippen molar-refractivity contribution >= 4 is 23.9 Å². The molecule has 0 saturated carbocycles. The summed E-state index contributed by atoms with van der Waals surface area (Å²) in [5, 5.41) is 0. The van der Waals surface area contributed by atoms with Crippen LogP contribution in [0, 0.1) is 5.41 Å². The molecule has 0 spiro atoms. The van der Waals surface area contributed by atoms with Crippen molar-refractivity contribution in [2.75, 3.05) is 53.4 Å². The monoisotopic (exact) mass is 596 g/mol. The van der Waals surface area contributed by atoms with E-state index < -0.39 is 41.5 Å². The first-order chi connectivity index (χ1) is 20.0. The largest absolute Gasteiger partial charge is 0.463 e. The van der Waals surface area contributed by atoms with Crippen molar-refractivity contribution in [3.63, 3.8) is 0 Å². The molecule has 0 radical (unpaired) electrons. The lowest BCUT2D eigenvalue weighted by molar-refractivity contribution is -0.160. The minimum absolute atomic E-state index is 0.0217. The number of carbonyl (C=O) groups excluding carboxylic acids is 4. The van der Waals surface area contributed by atoms with E-state index in [0.29, 0.717) is 26.1 Å². The lowest BCUT2D eigenvalue weighted by atomic mass is 9.86. The summed E-state index contributed by atoms with van der Waals surface area (Å²) in [6.07, 6.45) is 6.53. The maximum atomic E-state index is 12.8. The molecule has 0 aliphatic rings. The van der Waals surface area contributed by atoms with Crippen LogP contribution in [0.2, 0.25) is 0 Å². The average molecular weight is 597 g/mol. The summed E-state index contributed by atoms with van der Waals surface area (Å²) in [5.41, 5.74) is -1.03. The average Bonchev–Trinajstić information content (AvgIpc) is 2.97. The molecule has 0 saturated heterocycles. The Labute approximate surface area is 249 Å². The molecule has 0 aromatic heterocycles. The molecular formula is C31H48O11. The zero-order valence-corrected chi connectivity index (χ0v) is 25.4. The Hall–Kier alpha value is -3.28. The Balaban J connectivity index is 4.56. The maximum absolute atomic E-state index is 12.8. The van der Waals surface area contributed by atoms with E-state index in [1.165, 1.54) is 7.11 Å². The van der Waals surface area contributed by atoms with Gasteiger partial charge in [-0.25, -0.2) is 14.4 Å². The van der Waals surface area contributed by atoms with E-state index in [2.05, 4.69) is 26.3 Å². The molecule has 2 atom stereocenters. The topological polar surface area (TPSA) is 133 Å². The quantitative estimate of drug-likeness (QED) is 0.0471. The van der Waals surface area contributed by atoms with Gasteiger partial charge in [0.05, 0.1) is 25.2 Å². The highest BCUT2D eigenvalue weighted by atomic mass is 16.6. The second-order valence-electron chi connectivity index (χ2n) is 9.99. The number of methoxy groups -OCH3 is 1. The van der Waals surface area contributed by atoms with E-state index in [1.807, 2.05) is 6.08 Å². The third kappa shape index (κ3) is 19.0. The third-order valence-corrected chi connectivity index (χ3v) is 5.73. The van der Waals surface area contributed by atoms with Gasteiger partial charge in [-0.2, -0.15) is 0 Å². The van der Waals surface area contributed by atoms with Gasteiger partial charge in [-0.05, 0) is 52.4 Å². The van der Waals surface area contributed by atoms with Crippen LogP contribution in [0.5, 0.6) is 0 Å². The summed E-state index contributed by atoms with van der Waals surface area (Å²) in [7, 11) is 1.48. The Morgan fingerprint density at radius 3 is 1.90 bits per heavy atom. The standard InChI is InChI=1S/C31H48O11/c1-8-11-12-13-16-38-21-26(42-28(33)10-3)23-40-29(34)24(4)19-31(5,6)30(35)41-22-25(36-7)20-37-17-14-15-18-39-27(32)9-2/h8-10,25-26H,1-4,11-23H2,5-7H3. The molecule has 0 amide bonds. The van der Waals surface area contributed by atoms with Gasteiger partial charge in [-0.1, -0.05) is 25.8 Å². The number of hydrogen-bond acceptors (Lipinski definition) is 11. The number of hydrogen-bond donors (Lipinski definition) is 0. The number of allylic oxidation sites excluding steroid dienone is 1. The Morgan fingerprint density at radius 1 is 0.738 bits per heavy atom. The maximum Gasteiger partial charge on any atom is 0.333 e. The van der Waals surface area contributed by atoms with E-state index in [9.17, 15) is 19.2 Å². The van der Waals surface area contributed by atoms with E-state index in [4.69, 9.17) is 33.2 Å². The zero-order chi connectivity index (χ0) is 31.8. The van der Waals surface area contributed by atoms with Crippen molar-refractivity contribution in [2.24, 2.45) is 5.41 Å². The molecule has 11 nitrogen and oxygen atoms in total. The predicted octanol–water partition coefficient (Wildman–Crippen LogP) is 4.06. The molecule has 11 heteroatoms. The van der Waals surface area contributed by atoms with E-state index in [1.54, 1.807) is 13.8 Å². The van der Waals surface area contributed by atoms with Crippen LogP contribution >= 0.6 is 0 Å². The minimum atomic E-state index is -1.08. The van der Waals surface area contributed by atoms with Crippen LogP contribution in [0.1, 0.15) is 52.4 Å². The van der Waals surface area contributed by atoms with Gasteiger partial charge in [0.25, 0.3) is 0 Å². The highest BCUT2D eigenvalue weighted by Gasteiger charge is 2.33. The molecule has 0 N–H and O–H groups in total. The molecule has 0 aromatic carbocycles. The Morgan fingerprint density at radius 2 is 1.31 bits per heavy atom. The molecule has 0 aliphatic carbocycles. The van der Waals surface area contributed by atoms with Crippen molar-refractivity contribution in [2.45, 2.75) is 64.6 Å². The lowest BCUT2D eigenvalue weighted by Crippen LogP contribution is -2.33. The summed E-state index contributed by atoms with van der Waals surface area (Å²) < 4.78 is 37.2. The highest BCUT2D eigenvalue weighted by molar-refractivity contribution is 5.89. The van der Waals surface area contributed by atoms with Gasteiger partial charge in [0.2, 0.25) is 0 Å². The minimum Gasteiger partial charge on any atom is -0.463 e. The fraction of sp³-hybridized carbons (Fsp3) is 0.613. The normalized spacial score (nSPS) is 12.4. The smallest absolute Gasteiger partial charge is 0.333 e. The van der Waals surface area contributed by atoms with Crippen molar-refractivity contribution in [3.05, 3.63) is 50.1 Å². The Bertz CT molecular complexity index is 878. The van der Waals surface area contributed by atoms with Crippen LogP contribution in [-0.4, -0.2) is 89.4 Å². The SMILES string of the molecule is C=CCCCCOCC(COC(=O)C(=C)CC(C)(C)C(=O)OCC(COCCCCOC(=O)C=C)OC)OC(=O)C=C. The summed E-state index contributed by atoms with van der Waals surface area (Å²) in [4.78, 5) is 48.0. The Kier molecular flexibility index (Phi) is 21.5. The van der Waals surface area contributed by atoms with E-state index in [-0.39, 0.29) is 45.0 Å². The number of carbonyl (C=O) groups is 4. The summed E-state index contributed by atoms with van der Waals surface area (Å²) in [6.45, 7) is 18.5. The first-order valence-corrected chi connectivity index (χ1v) is 13.9. The van der Waals surface area contributed by atoms with E-state index >= 15 is 0 Å². The van der Waals surface area contributed by atoms with Gasteiger partial charge < -0.3 is 33.2 Å². The molecule has 238 valence electrons. The van der Waals surface area contributed by atoms with Crippen LogP contribution in [-0.2, 0) is 52.3 Å². The van der Waals surface area contributed by atoms with Gasteiger partial charge in [0.1, 0.15) is 19.3 Å². The van der Waals surface area contributed by atoms with Crippen LogP contribution in [0.3, 0.4) is 0 Å². The van der Waals surface area contributed by atoms with Crippen molar-refractivity contribution in [1.29, 1.82) is 0 Å². The van der Waals surface area contributed by atoms with Crippen LogP contribution in [0.25, 0.3) is 0 Å². The van der Waals surface area contributed by atoms with Crippen molar-refractivity contribution < 1.29 is 52.3 Å². The fourth-order valence-electron chi connectivity index (χ4n) is 3.29. The number of ether oxygens (including phenoxy) is 7. The highest BCUT2D eigenvalue weighted by Crippen LogP contribution is 2.27. The fourth-order valence-corrected chi connectivity index (χ4v) is 3.29. The summed E-state index contributed by atoms with van der Waals surface area (Å²) in [5.74, 6) is -2.41. The molecule has 0 aromatic rings. The number of rotatable bonds is 26. The van der Waals surface area contributed by atoms with Gasteiger partial charge in [0.15, 0.2) is 6.10 Å². The molecule has 2 unspecified atom stereocenters. The summed E-state index contributed by atoms with van der Waals surface area (Å²) in [6, 6.07) is 0. The number of esters is 4. The van der Waals surface area contributed by atoms with Gasteiger partial charge in [0, 0.05) is 38.0 Å². The first kappa shape index (κ1) is 38.7. The lowest BCUT2D eigenvalue weighted by Gasteiger charge is -2.25. The molecule has 0 rings (SSSR count).